The molecule has 0 saturated carbocycles. The summed E-state index contributed by atoms with van der Waals surface area (Å²) >= 11 is 0. The molecule has 0 bridgehead atoms. The highest BCUT2D eigenvalue weighted by atomic mass is 32.2. The second-order valence-corrected chi connectivity index (χ2v) is 7.47. The summed E-state index contributed by atoms with van der Waals surface area (Å²) in [6.07, 6.45) is 1.38. The third kappa shape index (κ3) is 3.27. The second kappa shape index (κ2) is 6.67. The van der Waals surface area contributed by atoms with E-state index in [1.54, 1.807) is 6.92 Å². The highest BCUT2D eigenvalue weighted by Crippen LogP contribution is 2.25. The van der Waals surface area contributed by atoms with Crippen LogP contribution in [0.25, 0.3) is 0 Å². The molecule has 1 aromatic heterocycles. The maximum absolute atomic E-state index is 12.8. The van der Waals surface area contributed by atoms with E-state index in [2.05, 4.69) is 14.9 Å². The summed E-state index contributed by atoms with van der Waals surface area (Å²) in [5, 5.41) is 4.99. The predicted molar refractivity (Wildman–Crippen MR) is 89.9 cm³/mol. The number of aromatic nitrogens is 2. The summed E-state index contributed by atoms with van der Waals surface area (Å²) < 4.78 is 28.5. The first-order chi connectivity index (χ1) is 11.6. The number of esters is 1. The van der Waals surface area contributed by atoms with Crippen LogP contribution in [0.15, 0.2) is 21.8 Å². The smallest absolute Gasteiger partial charge is 0.339 e. The van der Waals surface area contributed by atoms with Crippen molar-refractivity contribution < 1.29 is 22.7 Å². The third-order valence-corrected chi connectivity index (χ3v) is 5.04. The molecule has 0 spiro atoms. The zero-order valence-corrected chi connectivity index (χ0v) is 15.0. The summed E-state index contributed by atoms with van der Waals surface area (Å²) in [6, 6.07) is 2.47. The Morgan fingerprint density at radius 3 is 2.32 bits per heavy atom. The Hall–Kier alpha value is -2.68. The molecule has 25 heavy (non-hydrogen) atoms. The summed E-state index contributed by atoms with van der Waals surface area (Å²) in [5.74, 6) is -1.46. The number of nitrogens with one attached hydrogen (secondary N) is 2. The minimum atomic E-state index is -3.71. The van der Waals surface area contributed by atoms with E-state index in [9.17, 15) is 22.8 Å². The fourth-order valence-electron chi connectivity index (χ4n) is 2.63. The molecule has 0 unspecified atom stereocenters. The molecule has 0 aliphatic heterocycles. The molecule has 8 nitrogen and oxygen atoms in total. The van der Waals surface area contributed by atoms with E-state index in [0.29, 0.717) is 12.1 Å². The van der Waals surface area contributed by atoms with Crippen molar-refractivity contribution in [3.05, 3.63) is 50.4 Å². The Labute approximate surface area is 144 Å². The second-order valence-electron chi connectivity index (χ2n) is 5.49. The van der Waals surface area contributed by atoms with Gasteiger partial charge in [-0.25, -0.2) is 13.2 Å². The SMILES string of the molecule is CCc1[nH][nH]c(=O)c1C(=O)c1ccc(S(C)(=O)=O)c(C(=O)OC)c1C. The molecule has 0 aliphatic rings. The number of carbonyl (C=O) groups is 2. The van der Waals surface area contributed by atoms with Crippen LogP contribution in [0.3, 0.4) is 0 Å². The zero-order valence-electron chi connectivity index (χ0n) is 14.2. The molecular formula is C16H18N2O6S. The van der Waals surface area contributed by atoms with Crippen LogP contribution in [-0.4, -0.2) is 43.7 Å². The van der Waals surface area contributed by atoms with Crippen molar-refractivity contribution in [3.8, 4) is 0 Å². The molecule has 0 amide bonds. The number of aromatic amines is 2. The minimum absolute atomic E-state index is 0.0616. The fraction of sp³-hybridized carbons (Fsp3) is 0.312. The largest absolute Gasteiger partial charge is 0.465 e. The van der Waals surface area contributed by atoms with Crippen LogP contribution >= 0.6 is 0 Å². The van der Waals surface area contributed by atoms with E-state index in [1.807, 2.05) is 0 Å². The van der Waals surface area contributed by atoms with E-state index in [1.165, 1.54) is 19.1 Å². The number of sulfone groups is 1. The van der Waals surface area contributed by atoms with Gasteiger partial charge < -0.3 is 9.84 Å². The van der Waals surface area contributed by atoms with Crippen molar-refractivity contribution >= 4 is 21.6 Å². The van der Waals surface area contributed by atoms with E-state index >= 15 is 0 Å². The summed E-state index contributed by atoms with van der Waals surface area (Å²) in [4.78, 5) is 36.6. The molecule has 134 valence electrons. The van der Waals surface area contributed by atoms with Gasteiger partial charge in [0.15, 0.2) is 9.84 Å². The summed E-state index contributed by atoms with van der Waals surface area (Å²) in [6.45, 7) is 3.22. The van der Waals surface area contributed by atoms with Crippen molar-refractivity contribution in [2.45, 2.75) is 25.2 Å². The number of H-pyrrole nitrogens is 2. The standard InChI is InChI=1S/C16H18N2O6S/c1-5-10-13(15(20)18-17-10)14(19)9-6-7-11(25(4,22)23)12(8(9)2)16(21)24-3/h6-7H,5H2,1-4H3,(H2,17,18,20). The number of methoxy groups -OCH3 is 1. The third-order valence-electron chi connectivity index (χ3n) is 3.90. The number of ether oxygens (including phenoxy) is 1. The number of carbonyl (C=O) groups excluding carboxylic acids is 2. The average Bonchev–Trinajstić information content (AvgIpc) is 2.93. The van der Waals surface area contributed by atoms with Gasteiger partial charge in [0.05, 0.1) is 17.6 Å². The monoisotopic (exact) mass is 366 g/mol. The number of rotatable bonds is 5. The number of aryl methyl sites for hydroxylation is 1. The van der Waals surface area contributed by atoms with Crippen LogP contribution in [0.5, 0.6) is 0 Å². The topological polar surface area (TPSA) is 126 Å². The van der Waals surface area contributed by atoms with E-state index in [4.69, 9.17) is 0 Å². The van der Waals surface area contributed by atoms with Gasteiger partial charge in [0.25, 0.3) is 5.56 Å². The molecule has 0 fully saturated rings. The van der Waals surface area contributed by atoms with Gasteiger partial charge >= 0.3 is 5.97 Å². The van der Waals surface area contributed by atoms with E-state index in [0.717, 1.165) is 13.4 Å². The van der Waals surface area contributed by atoms with Gasteiger partial charge in [-0.3, -0.25) is 14.7 Å². The normalized spacial score (nSPS) is 11.4. The van der Waals surface area contributed by atoms with Crippen molar-refractivity contribution in [1.29, 1.82) is 0 Å². The molecule has 0 atom stereocenters. The first kappa shape index (κ1) is 18.7. The minimum Gasteiger partial charge on any atom is -0.465 e. The summed E-state index contributed by atoms with van der Waals surface area (Å²) in [5.41, 5.74) is -0.210. The lowest BCUT2D eigenvalue weighted by molar-refractivity contribution is 0.0595. The van der Waals surface area contributed by atoms with Gasteiger partial charge in [0.2, 0.25) is 5.78 Å². The lowest BCUT2D eigenvalue weighted by Gasteiger charge is -2.13. The van der Waals surface area contributed by atoms with Gasteiger partial charge in [-0.2, -0.15) is 0 Å². The van der Waals surface area contributed by atoms with Gasteiger partial charge in [0, 0.05) is 17.5 Å². The molecule has 2 aromatic rings. The van der Waals surface area contributed by atoms with Crippen molar-refractivity contribution in [3.63, 3.8) is 0 Å². The Bertz CT molecular complexity index is 1010. The summed E-state index contributed by atoms with van der Waals surface area (Å²) in [7, 11) is -2.60. The number of benzene rings is 1. The Morgan fingerprint density at radius 1 is 1.16 bits per heavy atom. The predicted octanol–water partition coefficient (Wildman–Crippen LogP) is 0.995. The van der Waals surface area contributed by atoms with Gasteiger partial charge in [-0.15, -0.1) is 0 Å². The quantitative estimate of drug-likeness (QED) is 0.600. The fourth-order valence-corrected chi connectivity index (χ4v) is 3.55. The van der Waals surface area contributed by atoms with Crippen LogP contribution in [0.1, 0.15) is 44.5 Å². The Kier molecular flexibility index (Phi) is 4.98. The van der Waals surface area contributed by atoms with Crippen molar-refractivity contribution in [2.75, 3.05) is 13.4 Å². The van der Waals surface area contributed by atoms with Gasteiger partial charge in [0.1, 0.15) is 5.56 Å². The lowest BCUT2D eigenvalue weighted by Crippen LogP contribution is -2.19. The van der Waals surface area contributed by atoms with Crippen LogP contribution in [0.2, 0.25) is 0 Å². The Balaban J connectivity index is 2.76. The van der Waals surface area contributed by atoms with Crippen molar-refractivity contribution in [1.82, 2.24) is 10.2 Å². The molecule has 0 saturated heterocycles. The first-order valence-electron chi connectivity index (χ1n) is 7.39. The highest BCUT2D eigenvalue weighted by Gasteiger charge is 2.27. The van der Waals surface area contributed by atoms with Gasteiger partial charge in [-0.05, 0) is 31.0 Å². The van der Waals surface area contributed by atoms with Crippen LogP contribution in [0.4, 0.5) is 0 Å². The molecule has 2 N–H and O–H groups in total. The molecule has 0 radical (unpaired) electrons. The Morgan fingerprint density at radius 2 is 1.80 bits per heavy atom. The lowest BCUT2D eigenvalue weighted by atomic mass is 9.95. The highest BCUT2D eigenvalue weighted by molar-refractivity contribution is 7.90. The van der Waals surface area contributed by atoms with E-state index in [-0.39, 0.29) is 27.1 Å². The van der Waals surface area contributed by atoms with Crippen LogP contribution in [-0.2, 0) is 21.0 Å². The molecule has 1 aromatic carbocycles. The molecule has 9 heteroatoms. The maximum Gasteiger partial charge on any atom is 0.339 e. The first-order valence-corrected chi connectivity index (χ1v) is 9.28. The zero-order chi connectivity index (χ0) is 18.9. The van der Waals surface area contributed by atoms with E-state index < -0.39 is 27.1 Å². The number of hydrogen-bond donors (Lipinski definition) is 2. The molecule has 1 heterocycles. The number of ketones is 1. The molecule has 2 rings (SSSR count). The maximum atomic E-state index is 12.8. The van der Waals surface area contributed by atoms with Crippen molar-refractivity contribution in [2.24, 2.45) is 0 Å². The van der Waals surface area contributed by atoms with Crippen LogP contribution in [0, 0.1) is 6.92 Å². The number of hydrogen-bond acceptors (Lipinski definition) is 6. The molecule has 0 aliphatic carbocycles. The average molecular weight is 366 g/mol. The van der Waals surface area contributed by atoms with Crippen LogP contribution < -0.4 is 5.56 Å². The van der Waals surface area contributed by atoms with Gasteiger partial charge in [-0.1, -0.05) is 6.92 Å². The molecular weight excluding hydrogens is 348 g/mol.